The first-order chi connectivity index (χ1) is 9.65. The van der Waals surface area contributed by atoms with Crippen molar-refractivity contribution in [1.29, 1.82) is 0 Å². The van der Waals surface area contributed by atoms with Gasteiger partial charge in [-0.25, -0.2) is 4.98 Å². The summed E-state index contributed by atoms with van der Waals surface area (Å²) in [5, 5.41) is 3.74. The summed E-state index contributed by atoms with van der Waals surface area (Å²) in [7, 11) is 0. The van der Waals surface area contributed by atoms with E-state index in [1.54, 1.807) is 11.3 Å². The number of imidazole rings is 1. The second-order valence-electron chi connectivity index (χ2n) is 6.21. The first kappa shape index (κ1) is 14.1. The summed E-state index contributed by atoms with van der Waals surface area (Å²) in [6.07, 6.45) is 9.26. The van der Waals surface area contributed by atoms with Crippen molar-refractivity contribution in [2.45, 2.75) is 65.5 Å². The van der Waals surface area contributed by atoms with E-state index in [1.807, 2.05) is 0 Å². The fourth-order valence-electron chi connectivity index (χ4n) is 3.38. The molecule has 2 aromatic heterocycles. The molecule has 0 spiro atoms. The SMILES string of the molecule is Cc1cn2c(CN[C@H](C)C3CCCCC3)c(C)nc2s1. The molecule has 0 unspecified atom stereocenters. The molecule has 1 aliphatic rings. The third kappa shape index (κ3) is 2.77. The molecule has 1 saturated carbocycles. The molecule has 2 aromatic rings. The van der Waals surface area contributed by atoms with Crippen molar-refractivity contribution in [2.75, 3.05) is 0 Å². The molecule has 0 radical (unpaired) electrons. The molecule has 0 bridgehead atoms. The van der Waals surface area contributed by atoms with Crippen molar-refractivity contribution in [1.82, 2.24) is 14.7 Å². The maximum Gasteiger partial charge on any atom is 0.194 e. The molecule has 1 atom stereocenters. The van der Waals surface area contributed by atoms with Crippen molar-refractivity contribution >= 4 is 16.3 Å². The summed E-state index contributed by atoms with van der Waals surface area (Å²) in [5.41, 5.74) is 2.49. The lowest BCUT2D eigenvalue weighted by Gasteiger charge is -2.28. The van der Waals surface area contributed by atoms with E-state index in [9.17, 15) is 0 Å². The third-order valence-electron chi connectivity index (χ3n) is 4.69. The van der Waals surface area contributed by atoms with Crippen molar-refractivity contribution < 1.29 is 0 Å². The van der Waals surface area contributed by atoms with Gasteiger partial charge in [-0.1, -0.05) is 19.3 Å². The van der Waals surface area contributed by atoms with Gasteiger partial charge in [-0.3, -0.25) is 4.40 Å². The molecule has 0 amide bonds. The fraction of sp³-hybridized carbons (Fsp3) is 0.688. The average molecular weight is 291 g/mol. The van der Waals surface area contributed by atoms with E-state index < -0.39 is 0 Å². The van der Waals surface area contributed by atoms with Gasteiger partial charge < -0.3 is 5.32 Å². The normalized spacial score (nSPS) is 18.8. The Labute approximate surface area is 125 Å². The highest BCUT2D eigenvalue weighted by Gasteiger charge is 2.20. The standard InChI is InChI=1S/C16H25N3S/c1-11-10-19-15(13(3)18-16(19)20-11)9-17-12(2)14-7-5-4-6-8-14/h10,12,14,17H,4-9H2,1-3H3/t12-/m1/s1. The number of thiazole rings is 1. The molecule has 0 aromatic carbocycles. The summed E-state index contributed by atoms with van der Waals surface area (Å²) in [4.78, 5) is 7.12. The van der Waals surface area contributed by atoms with Crippen LogP contribution in [0.1, 0.15) is 55.3 Å². The summed E-state index contributed by atoms with van der Waals surface area (Å²) < 4.78 is 2.26. The van der Waals surface area contributed by atoms with Crippen LogP contribution in [0.4, 0.5) is 0 Å². The van der Waals surface area contributed by atoms with Gasteiger partial charge in [0.2, 0.25) is 0 Å². The molecule has 1 fully saturated rings. The predicted octanol–water partition coefficient (Wildman–Crippen LogP) is 4.07. The molecule has 0 aliphatic heterocycles. The van der Waals surface area contributed by atoms with Crippen LogP contribution in [-0.4, -0.2) is 15.4 Å². The lowest BCUT2D eigenvalue weighted by atomic mass is 9.84. The molecule has 20 heavy (non-hydrogen) atoms. The Kier molecular flexibility index (Phi) is 4.13. The molecule has 2 heterocycles. The highest BCUT2D eigenvalue weighted by Crippen LogP contribution is 2.27. The summed E-state index contributed by atoms with van der Waals surface area (Å²) in [6, 6.07) is 0.611. The second kappa shape index (κ2) is 5.86. The van der Waals surface area contributed by atoms with Crippen LogP contribution >= 0.6 is 11.3 Å². The quantitative estimate of drug-likeness (QED) is 0.920. The van der Waals surface area contributed by atoms with E-state index >= 15 is 0 Å². The van der Waals surface area contributed by atoms with E-state index in [-0.39, 0.29) is 0 Å². The lowest BCUT2D eigenvalue weighted by Crippen LogP contribution is -2.34. The molecular weight excluding hydrogens is 266 g/mol. The molecule has 3 nitrogen and oxygen atoms in total. The Morgan fingerprint density at radius 1 is 1.35 bits per heavy atom. The Morgan fingerprint density at radius 3 is 2.85 bits per heavy atom. The monoisotopic (exact) mass is 291 g/mol. The van der Waals surface area contributed by atoms with Crippen LogP contribution in [0.25, 0.3) is 4.96 Å². The van der Waals surface area contributed by atoms with Crippen LogP contribution in [0, 0.1) is 19.8 Å². The maximum atomic E-state index is 4.67. The number of aryl methyl sites for hydroxylation is 2. The molecule has 1 N–H and O–H groups in total. The zero-order chi connectivity index (χ0) is 14.1. The Bertz CT molecular complexity index is 578. The van der Waals surface area contributed by atoms with Crippen LogP contribution in [-0.2, 0) is 6.54 Å². The van der Waals surface area contributed by atoms with Gasteiger partial charge in [0.15, 0.2) is 4.96 Å². The molecule has 0 saturated heterocycles. The highest BCUT2D eigenvalue weighted by atomic mass is 32.1. The minimum atomic E-state index is 0.611. The maximum absolute atomic E-state index is 4.67. The van der Waals surface area contributed by atoms with Crippen molar-refractivity contribution in [2.24, 2.45) is 5.92 Å². The third-order valence-corrected chi connectivity index (χ3v) is 5.59. The van der Waals surface area contributed by atoms with Crippen molar-refractivity contribution in [3.63, 3.8) is 0 Å². The number of rotatable bonds is 4. The van der Waals surface area contributed by atoms with Crippen LogP contribution < -0.4 is 5.32 Å². The fourth-order valence-corrected chi connectivity index (χ4v) is 4.27. The Balaban J connectivity index is 1.68. The van der Waals surface area contributed by atoms with Crippen molar-refractivity contribution in [3.05, 3.63) is 22.5 Å². The van der Waals surface area contributed by atoms with Crippen LogP contribution in [0.2, 0.25) is 0 Å². The smallest absolute Gasteiger partial charge is 0.194 e. The minimum Gasteiger partial charge on any atom is -0.308 e. The Morgan fingerprint density at radius 2 is 2.10 bits per heavy atom. The number of hydrogen-bond acceptors (Lipinski definition) is 3. The molecule has 110 valence electrons. The number of fused-ring (bicyclic) bond motifs is 1. The molecule has 1 aliphatic carbocycles. The predicted molar refractivity (Wildman–Crippen MR) is 85.4 cm³/mol. The number of hydrogen-bond donors (Lipinski definition) is 1. The summed E-state index contributed by atoms with van der Waals surface area (Å²) >= 11 is 1.77. The van der Waals surface area contributed by atoms with Crippen LogP contribution in [0.5, 0.6) is 0 Å². The van der Waals surface area contributed by atoms with E-state index in [2.05, 4.69) is 41.7 Å². The molecular formula is C16H25N3S. The second-order valence-corrected chi connectivity index (χ2v) is 7.42. The van der Waals surface area contributed by atoms with Gasteiger partial charge in [0.05, 0.1) is 11.4 Å². The van der Waals surface area contributed by atoms with Gasteiger partial charge in [0, 0.05) is 23.7 Å². The van der Waals surface area contributed by atoms with Gasteiger partial charge in [-0.05, 0) is 39.5 Å². The topological polar surface area (TPSA) is 29.3 Å². The Hall–Kier alpha value is -0.870. The van der Waals surface area contributed by atoms with Crippen LogP contribution in [0.15, 0.2) is 6.20 Å². The lowest BCUT2D eigenvalue weighted by molar-refractivity contribution is 0.280. The first-order valence-electron chi connectivity index (χ1n) is 7.82. The van der Waals surface area contributed by atoms with Gasteiger partial charge in [-0.15, -0.1) is 11.3 Å². The van der Waals surface area contributed by atoms with Gasteiger partial charge in [0.25, 0.3) is 0 Å². The zero-order valence-corrected chi connectivity index (χ0v) is 13.6. The van der Waals surface area contributed by atoms with E-state index in [4.69, 9.17) is 0 Å². The zero-order valence-electron chi connectivity index (χ0n) is 12.8. The number of nitrogens with zero attached hydrogens (tertiary/aromatic N) is 2. The van der Waals surface area contributed by atoms with Crippen molar-refractivity contribution in [3.8, 4) is 0 Å². The van der Waals surface area contributed by atoms with Gasteiger partial charge in [-0.2, -0.15) is 0 Å². The largest absolute Gasteiger partial charge is 0.308 e. The molecule has 3 rings (SSSR count). The molecule has 4 heteroatoms. The average Bonchev–Trinajstić information content (AvgIpc) is 2.92. The van der Waals surface area contributed by atoms with E-state index in [1.165, 1.54) is 48.4 Å². The van der Waals surface area contributed by atoms with Crippen LogP contribution in [0.3, 0.4) is 0 Å². The minimum absolute atomic E-state index is 0.611. The van der Waals surface area contributed by atoms with E-state index in [0.29, 0.717) is 6.04 Å². The van der Waals surface area contributed by atoms with E-state index in [0.717, 1.165) is 17.4 Å². The number of aromatic nitrogens is 2. The van der Waals surface area contributed by atoms with Gasteiger partial charge >= 0.3 is 0 Å². The summed E-state index contributed by atoms with van der Waals surface area (Å²) in [5.74, 6) is 0.858. The summed E-state index contributed by atoms with van der Waals surface area (Å²) in [6.45, 7) is 7.55. The highest BCUT2D eigenvalue weighted by molar-refractivity contribution is 7.17. The number of nitrogens with one attached hydrogen (secondary N) is 1. The van der Waals surface area contributed by atoms with Gasteiger partial charge in [0.1, 0.15) is 0 Å². The first-order valence-corrected chi connectivity index (χ1v) is 8.64.